The Morgan fingerprint density at radius 2 is 1.87 bits per heavy atom. The summed E-state index contributed by atoms with van der Waals surface area (Å²) in [6.07, 6.45) is 0.681. The van der Waals surface area contributed by atoms with Crippen LogP contribution in [0.1, 0.15) is 6.42 Å². The van der Waals surface area contributed by atoms with Gasteiger partial charge < -0.3 is 25.4 Å². The first-order valence-corrected chi connectivity index (χ1v) is 10.6. The molecule has 2 saturated heterocycles. The van der Waals surface area contributed by atoms with Crippen LogP contribution < -0.4 is 10.6 Å². The summed E-state index contributed by atoms with van der Waals surface area (Å²) in [4.78, 5) is 24.1. The van der Waals surface area contributed by atoms with Gasteiger partial charge in [-0.1, -0.05) is 24.3 Å². The van der Waals surface area contributed by atoms with Crippen molar-refractivity contribution in [1.29, 1.82) is 0 Å². The molecule has 2 aliphatic rings. The zero-order valence-electron chi connectivity index (χ0n) is 17.1. The van der Waals surface area contributed by atoms with E-state index in [1.807, 2.05) is 35.2 Å². The third kappa shape index (κ3) is 4.04. The number of rotatable bonds is 4. The monoisotopic (exact) mass is 419 g/mol. The van der Waals surface area contributed by atoms with Crippen LogP contribution in [0.15, 0.2) is 48.5 Å². The van der Waals surface area contributed by atoms with Crippen molar-refractivity contribution < 1.29 is 14.6 Å². The summed E-state index contributed by atoms with van der Waals surface area (Å²) in [7, 11) is 0. The van der Waals surface area contributed by atoms with E-state index in [0.29, 0.717) is 56.5 Å². The van der Waals surface area contributed by atoms with Crippen LogP contribution >= 0.6 is 0 Å². The van der Waals surface area contributed by atoms with Gasteiger partial charge in [0.1, 0.15) is 11.6 Å². The highest BCUT2D eigenvalue weighted by Gasteiger charge is 2.33. The first-order valence-electron chi connectivity index (χ1n) is 10.6. The molecule has 3 heterocycles. The molecule has 8 nitrogen and oxygen atoms in total. The van der Waals surface area contributed by atoms with Gasteiger partial charge in [0.15, 0.2) is 5.82 Å². The molecule has 0 spiro atoms. The number of aromatic hydroxyl groups is 1. The smallest absolute Gasteiger partial charge is 0.239 e. The number of fused-ring (bicyclic) bond motifs is 1. The van der Waals surface area contributed by atoms with Crippen molar-refractivity contribution in [3.63, 3.8) is 0 Å². The minimum atomic E-state index is -0.207. The van der Waals surface area contributed by atoms with E-state index in [4.69, 9.17) is 9.72 Å². The van der Waals surface area contributed by atoms with Crippen LogP contribution in [0.3, 0.4) is 0 Å². The molecule has 5 rings (SSSR count). The SMILES string of the molecule is O=C([C@H]1CC(Nc2nc(-c3ccccc3O)nc3ccccc23)CN1)N1CCOCC1. The number of anilines is 1. The second-order valence-electron chi connectivity index (χ2n) is 7.91. The standard InChI is InChI=1S/C23H25N5O3/c29-20-8-4-2-6-17(20)22-26-18-7-3-1-5-16(18)21(27-22)25-15-13-19(24-14-15)23(30)28-9-11-31-12-10-28/h1-8,15,19,24,29H,9-14H2,(H,25,26,27)/t15?,19-/m1/s1. The fourth-order valence-electron chi connectivity index (χ4n) is 4.20. The molecular weight excluding hydrogens is 394 g/mol. The number of carbonyl (C=O) groups excluding carboxylic acids is 1. The summed E-state index contributed by atoms with van der Waals surface area (Å²) in [5.74, 6) is 1.44. The molecule has 2 fully saturated rings. The fourth-order valence-corrected chi connectivity index (χ4v) is 4.20. The number of morpholine rings is 1. The molecule has 1 aromatic heterocycles. The Morgan fingerprint density at radius 3 is 2.71 bits per heavy atom. The van der Waals surface area contributed by atoms with E-state index in [1.54, 1.807) is 18.2 Å². The third-order valence-corrected chi connectivity index (χ3v) is 5.84. The lowest BCUT2D eigenvalue weighted by molar-refractivity contribution is -0.137. The van der Waals surface area contributed by atoms with Crippen molar-refractivity contribution in [2.24, 2.45) is 0 Å². The second-order valence-corrected chi connectivity index (χ2v) is 7.91. The number of para-hydroxylation sites is 2. The average Bonchev–Trinajstić information content (AvgIpc) is 3.28. The number of hydrogen-bond acceptors (Lipinski definition) is 7. The van der Waals surface area contributed by atoms with Gasteiger partial charge in [-0.3, -0.25) is 4.79 Å². The van der Waals surface area contributed by atoms with E-state index in [9.17, 15) is 9.90 Å². The number of hydrogen-bond donors (Lipinski definition) is 3. The average molecular weight is 419 g/mol. The predicted octanol–water partition coefficient (Wildman–Crippen LogP) is 2.00. The molecule has 1 amide bonds. The van der Waals surface area contributed by atoms with Gasteiger partial charge in [0.25, 0.3) is 0 Å². The second kappa shape index (κ2) is 8.49. The summed E-state index contributed by atoms with van der Waals surface area (Å²) < 4.78 is 5.35. The van der Waals surface area contributed by atoms with Crippen LogP contribution in [0.4, 0.5) is 5.82 Å². The van der Waals surface area contributed by atoms with Gasteiger partial charge in [-0.2, -0.15) is 0 Å². The van der Waals surface area contributed by atoms with Gasteiger partial charge in [0, 0.05) is 31.1 Å². The lowest BCUT2D eigenvalue weighted by Crippen LogP contribution is -2.48. The molecule has 3 aromatic rings. The lowest BCUT2D eigenvalue weighted by Gasteiger charge is -2.29. The van der Waals surface area contributed by atoms with Gasteiger partial charge in [-0.25, -0.2) is 9.97 Å². The van der Waals surface area contributed by atoms with Crippen LogP contribution in [-0.2, 0) is 9.53 Å². The Kier molecular flexibility index (Phi) is 5.40. The number of nitrogens with zero attached hydrogens (tertiary/aromatic N) is 3. The predicted molar refractivity (Wildman–Crippen MR) is 118 cm³/mol. The molecule has 0 radical (unpaired) electrons. The molecule has 31 heavy (non-hydrogen) atoms. The molecule has 160 valence electrons. The van der Waals surface area contributed by atoms with Gasteiger partial charge in [0.05, 0.1) is 30.3 Å². The molecule has 0 saturated carbocycles. The van der Waals surface area contributed by atoms with Gasteiger partial charge >= 0.3 is 0 Å². The topological polar surface area (TPSA) is 99.6 Å². The minimum absolute atomic E-state index is 0.0607. The summed E-state index contributed by atoms with van der Waals surface area (Å²) in [6, 6.07) is 14.7. The molecule has 2 atom stereocenters. The van der Waals surface area contributed by atoms with Crippen molar-refractivity contribution in [3.05, 3.63) is 48.5 Å². The van der Waals surface area contributed by atoms with Crippen LogP contribution in [0, 0.1) is 0 Å². The lowest BCUT2D eigenvalue weighted by atomic mass is 10.1. The van der Waals surface area contributed by atoms with Crippen LogP contribution in [-0.4, -0.2) is 70.8 Å². The quantitative estimate of drug-likeness (QED) is 0.595. The minimum Gasteiger partial charge on any atom is -0.507 e. The first kappa shape index (κ1) is 19.7. The summed E-state index contributed by atoms with van der Waals surface area (Å²) >= 11 is 0. The van der Waals surface area contributed by atoms with Gasteiger partial charge in [0.2, 0.25) is 5.91 Å². The highest BCUT2D eigenvalue weighted by Crippen LogP contribution is 2.30. The summed E-state index contributed by atoms with van der Waals surface area (Å²) in [6.45, 7) is 3.17. The van der Waals surface area contributed by atoms with Crippen LogP contribution in [0.5, 0.6) is 5.75 Å². The Morgan fingerprint density at radius 1 is 1.10 bits per heavy atom. The van der Waals surface area contributed by atoms with Crippen molar-refractivity contribution >= 4 is 22.6 Å². The van der Waals surface area contributed by atoms with Crippen molar-refractivity contribution in [1.82, 2.24) is 20.2 Å². The highest BCUT2D eigenvalue weighted by molar-refractivity contribution is 5.91. The fraction of sp³-hybridized carbons (Fsp3) is 0.348. The van der Waals surface area contributed by atoms with E-state index in [1.165, 1.54) is 0 Å². The molecule has 0 bridgehead atoms. The molecule has 8 heteroatoms. The number of nitrogens with one attached hydrogen (secondary N) is 2. The van der Waals surface area contributed by atoms with Gasteiger partial charge in [-0.05, 0) is 30.7 Å². The number of benzene rings is 2. The largest absolute Gasteiger partial charge is 0.507 e. The zero-order chi connectivity index (χ0) is 21.2. The molecule has 1 unspecified atom stereocenters. The third-order valence-electron chi connectivity index (χ3n) is 5.84. The number of amides is 1. The van der Waals surface area contributed by atoms with Crippen molar-refractivity contribution in [2.45, 2.75) is 18.5 Å². The molecule has 2 aromatic carbocycles. The zero-order valence-corrected chi connectivity index (χ0v) is 17.1. The van der Waals surface area contributed by atoms with Crippen LogP contribution in [0.25, 0.3) is 22.3 Å². The van der Waals surface area contributed by atoms with E-state index in [-0.39, 0.29) is 23.7 Å². The number of phenols is 1. The molecule has 0 aliphatic carbocycles. The molecular formula is C23H25N5O3. The van der Waals surface area contributed by atoms with Crippen molar-refractivity contribution in [2.75, 3.05) is 38.2 Å². The Hall–Kier alpha value is -3.23. The first-order chi connectivity index (χ1) is 15.2. The molecule has 3 N–H and O–H groups in total. The number of phenolic OH excluding ortho intramolecular Hbond substituents is 1. The van der Waals surface area contributed by atoms with Crippen molar-refractivity contribution in [3.8, 4) is 17.1 Å². The van der Waals surface area contributed by atoms with E-state index in [2.05, 4.69) is 15.6 Å². The summed E-state index contributed by atoms with van der Waals surface area (Å²) in [5.41, 5.74) is 1.38. The maximum atomic E-state index is 12.8. The van der Waals surface area contributed by atoms with Crippen LogP contribution in [0.2, 0.25) is 0 Å². The maximum Gasteiger partial charge on any atom is 0.239 e. The highest BCUT2D eigenvalue weighted by atomic mass is 16.5. The van der Waals surface area contributed by atoms with E-state index < -0.39 is 0 Å². The maximum absolute atomic E-state index is 12.8. The Labute approximate surface area is 180 Å². The number of ether oxygens (including phenoxy) is 1. The Balaban J connectivity index is 1.39. The molecule has 2 aliphatic heterocycles. The number of aromatic nitrogens is 2. The van der Waals surface area contributed by atoms with Gasteiger partial charge in [-0.15, -0.1) is 0 Å². The Bertz CT molecular complexity index is 1100. The summed E-state index contributed by atoms with van der Waals surface area (Å²) in [5, 5.41) is 18.0. The van der Waals surface area contributed by atoms with E-state index in [0.717, 1.165) is 10.9 Å². The number of carbonyl (C=O) groups is 1. The van der Waals surface area contributed by atoms with E-state index >= 15 is 0 Å². The normalized spacial score (nSPS) is 21.4.